The monoisotopic (exact) mass is 400 g/mol. The summed E-state index contributed by atoms with van der Waals surface area (Å²) in [5.74, 6) is -1.51. The van der Waals surface area contributed by atoms with Crippen LogP contribution in [0.3, 0.4) is 0 Å². The topological polar surface area (TPSA) is 136 Å². The first kappa shape index (κ1) is 20.7. The maximum atomic E-state index is 14.6. The highest BCUT2D eigenvalue weighted by Crippen LogP contribution is 2.27. The van der Waals surface area contributed by atoms with Gasteiger partial charge in [0.25, 0.3) is 5.91 Å². The number of rotatable bonds is 7. The normalized spacial score (nSPS) is 18.9. The molecule has 1 amide bonds. The standard InChI is InChI=1S/C20H25FN6O2/c1-2-17(28)11-7-12(10-24-9-11)25-19-13(18(23)29)8-14(21)20(27-19)26-16-6-4-3-5-15(16)22/h7-10,15-16H,2-6,22H2,1H3,(H2,23,29)(H2,25,26,27)/t15-,16+/m0/s1. The van der Waals surface area contributed by atoms with Crippen LogP contribution in [0.5, 0.6) is 0 Å². The zero-order chi connectivity index (χ0) is 21.0. The lowest BCUT2D eigenvalue weighted by atomic mass is 9.91. The number of aromatic nitrogens is 2. The second-order valence-electron chi connectivity index (χ2n) is 7.14. The summed E-state index contributed by atoms with van der Waals surface area (Å²) in [4.78, 5) is 32.0. The molecule has 0 radical (unpaired) electrons. The predicted octanol–water partition coefficient (Wildman–Crippen LogP) is 2.73. The molecule has 0 aliphatic heterocycles. The number of hydrogen-bond acceptors (Lipinski definition) is 7. The Morgan fingerprint density at radius 1 is 1.21 bits per heavy atom. The van der Waals surface area contributed by atoms with Crippen LogP contribution in [0.2, 0.25) is 0 Å². The average molecular weight is 400 g/mol. The molecular weight excluding hydrogens is 375 g/mol. The van der Waals surface area contributed by atoms with Gasteiger partial charge in [0, 0.05) is 30.3 Å². The van der Waals surface area contributed by atoms with Crippen LogP contribution in [0.25, 0.3) is 0 Å². The average Bonchev–Trinajstić information content (AvgIpc) is 2.71. The molecule has 1 saturated carbocycles. The highest BCUT2D eigenvalue weighted by molar-refractivity contribution is 5.99. The van der Waals surface area contributed by atoms with Crippen molar-refractivity contribution in [2.24, 2.45) is 11.5 Å². The van der Waals surface area contributed by atoms with Crippen LogP contribution in [-0.2, 0) is 0 Å². The molecule has 0 unspecified atom stereocenters. The molecule has 1 aliphatic carbocycles. The highest BCUT2D eigenvalue weighted by atomic mass is 19.1. The summed E-state index contributed by atoms with van der Waals surface area (Å²) >= 11 is 0. The number of carbonyl (C=O) groups excluding carboxylic acids is 2. The second-order valence-corrected chi connectivity index (χ2v) is 7.14. The van der Waals surface area contributed by atoms with Crippen molar-refractivity contribution in [3.63, 3.8) is 0 Å². The molecule has 2 atom stereocenters. The Balaban J connectivity index is 1.92. The first-order chi connectivity index (χ1) is 13.9. The first-order valence-corrected chi connectivity index (χ1v) is 9.66. The van der Waals surface area contributed by atoms with Crippen molar-refractivity contribution in [3.8, 4) is 0 Å². The number of carbonyl (C=O) groups is 2. The minimum absolute atomic E-state index is 0.00593. The van der Waals surface area contributed by atoms with Crippen molar-refractivity contribution in [3.05, 3.63) is 41.5 Å². The van der Waals surface area contributed by atoms with E-state index < -0.39 is 11.7 Å². The Morgan fingerprint density at radius 2 is 1.97 bits per heavy atom. The number of anilines is 3. The van der Waals surface area contributed by atoms with E-state index in [2.05, 4.69) is 20.6 Å². The maximum absolute atomic E-state index is 14.6. The van der Waals surface area contributed by atoms with E-state index in [1.165, 1.54) is 12.4 Å². The number of amides is 1. The van der Waals surface area contributed by atoms with Gasteiger partial charge in [-0.25, -0.2) is 9.37 Å². The van der Waals surface area contributed by atoms with Gasteiger partial charge in [0.05, 0.1) is 17.4 Å². The number of nitrogens with zero attached hydrogens (tertiary/aromatic N) is 2. The minimum atomic E-state index is -0.825. The van der Waals surface area contributed by atoms with Crippen molar-refractivity contribution in [2.75, 3.05) is 10.6 Å². The smallest absolute Gasteiger partial charge is 0.252 e. The van der Waals surface area contributed by atoms with Gasteiger partial charge in [-0.3, -0.25) is 14.6 Å². The van der Waals surface area contributed by atoms with E-state index in [0.29, 0.717) is 17.7 Å². The third-order valence-corrected chi connectivity index (χ3v) is 5.03. The van der Waals surface area contributed by atoms with Gasteiger partial charge in [-0.1, -0.05) is 19.8 Å². The Hall–Kier alpha value is -3.07. The SMILES string of the molecule is CCC(=O)c1cncc(Nc2nc(N[C@@H]3CCCC[C@@H]3N)c(F)cc2C(N)=O)c1. The molecule has 6 N–H and O–H groups in total. The van der Waals surface area contributed by atoms with Crippen molar-refractivity contribution < 1.29 is 14.0 Å². The Kier molecular flexibility index (Phi) is 6.38. The Bertz CT molecular complexity index is 920. The van der Waals surface area contributed by atoms with Gasteiger partial charge in [-0.15, -0.1) is 0 Å². The third kappa shape index (κ3) is 4.86. The van der Waals surface area contributed by atoms with Gasteiger partial charge in [-0.2, -0.15) is 0 Å². The van der Waals surface area contributed by atoms with Gasteiger partial charge in [-0.05, 0) is 25.0 Å². The number of Topliss-reactive ketones (excluding diaryl/α,β-unsaturated/α-hetero) is 1. The molecule has 9 heteroatoms. The van der Waals surface area contributed by atoms with E-state index in [0.717, 1.165) is 31.7 Å². The van der Waals surface area contributed by atoms with Crippen LogP contribution in [0.4, 0.5) is 21.7 Å². The summed E-state index contributed by atoms with van der Waals surface area (Å²) in [6, 6.07) is 2.44. The number of primary amides is 1. The lowest BCUT2D eigenvalue weighted by Crippen LogP contribution is -2.43. The molecule has 3 rings (SSSR count). The van der Waals surface area contributed by atoms with Crippen molar-refractivity contribution in [1.82, 2.24) is 9.97 Å². The van der Waals surface area contributed by atoms with Crippen LogP contribution in [0, 0.1) is 5.82 Å². The zero-order valence-corrected chi connectivity index (χ0v) is 16.2. The number of hydrogen-bond donors (Lipinski definition) is 4. The molecule has 0 aromatic carbocycles. The molecule has 2 heterocycles. The Labute approximate surface area is 168 Å². The first-order valence-electron chi connectivity index (χ1n) is 9.66. The van der Waals surface area contributed by atoms with Gasteiger partial charge >= 0.3 is 0 Å². The number of ketones is 1. The molecule has 1 aliphatic rings. The fraction of sp³-hybridized carbons (Fsp3) is 0.400. The van der Waals surface area contributed by atoms with E-state index in [-0.39, 0.29) is 35.1 Å². The van der Waals surface area contributed by atoms with E-state index in [9.17, 15) is 14.0 Å². The molecule has 29 heavy (non-hydrogen) atoms. The van der Waals surface area contributed by atoms with E-state index >= 15 is 0 Å². The molecule has 8 nitrogen and oxygen atoms in total. The predicted molar refractivity (Wildman–Crippen MR) is 109 cm³/mol. The molecular formula is C20H25FN6O2. The molecule has 0 bridgehead atoms. The lowest BCUT2D eigenvalue weighted by molar-refractivity contribution is 0.0983. The fourth-order valence-electron chi connectivity index (χ4n) is 3.39. The van der Waals surface area contributed by atoms with Crippen LogP contribution >= 0.6 is 0 Å². The minimum Gasteiger partial charge on any atom is -0.365 e. The van der Waals surface area contributed by atoms with Crippen LogP contribution in [0.1, 0.15) is 59.7 Å². The van der Waals surface area contributed by atoms with Gasteiger partial charge < -0.3 is 22.1 Å². The number of nitrogens with two attached hydrogens (primary N) is 2. The van der Waals surface area contributed by atoms with Crippen molar-refractivity contribution >= 4 is 29.0 Å². The lowest BCUT2D eigenvalue weighted by Gasteiger charge is -2.30. The van der Waals surface area contributed by atoms with E-state index in [1.807, 2.05) is 0 Å². The zero-order valence-electron chi connectivity index (χ0n) is 16.2. The van der Waals surface area contributed by atoms with E-state index in [4.69, 9.17) is 11.5 Å². The van der Waals surface area contributed by atoms with Crippen LogP contribution in [-0.4, -0.2) is 33.7 Å². The summed E-state index contributed by atoms with van der Waals surface area (Å²) < 4.78 is 14.6. The molecule has 154 valence electrons. The summed E-state index contributed by atoms with van der Waals surface area (Å²) in [6.45, 7) is 1.75. The van der Waals surface area contributed by atoms with Crippen molar-refractivity contribution in [1.29, 1.82) is 0 Å². The van der Waals surface area contributed by atoms with Crippen LogP contribution < -0.4 is 22.1 Å². The summed E-state index contributed by atoms with van der Waals surface area (Å²) in [7, 11) is 0. The Morgan fingerprint density at radius 3 is 2.66 bits per heavy atom. The summed E-state index contributed by atoms with van der Waals surface area (Å²) in [5.41, 5.74) is 12.3. The number of nitrogens with one attached hydrogen (secondary N) is 2. The largest absolute Gasteiger partial charge is 0.365 e. The second kappa shape index (κ2) is 8.95. The fourth-order valence-corrected chi connectivity index (χ4v) is 3.39. The van der Waals surface area contributed by atoms with Crippen LogP contribution in [0.15, 0.2) is 24.5 Å². The maximum Gasteiger partial charge on any atom is 0.252 e. The quantitative estimate of drug-likeness (QED) is 0.525. The van der Waals surface area contributed by atoms with Gasteiger partial charge in [0.1, 0.15) is 5.82 Å². The summed E-state index contributed by atoms with van der Waals surface area (Å²) in [6.07, 6.45) is 6.99. The molecule has 2 aromatic rings. The molecule has 0 saturated heterocycles. The third-order valence-electron chi connectivity index (χ3n) is 5.03. The van der Waals surface area contributed by atoms with E-state index in [1.54, 1.807) is 13.0 Å². The van der Waals surface area contributed by atoms with Crippen molar-refractivity contribution in [2.45, 2.75) is 51.1 Å². The number of pyridine rings is 2. The molecule has 2 aromatic heterocycles. The number of halogens is 1. The van der Waals surface area contributed by atoms with Gasteiger partial charge in [0.15, 0.2) is 17.4 Å². The highest BCUT2D eigenvalue weighted by Gasteiger charge is 2.24. The summed E-state index contributed by atoms with van der Waals surface area (Å²) in [5, 5.41) is 5.98. The molecule has 0 spiro atoms. The molecule has 1 fully saturated rings. The van der Waals surface area contributed by atoms with Gasteiger partial charge in [0.2, 0.25) is 0 Å².